The van der Waals surface area contributed by atoms with Gasteiger partial charge in [0.1, 0.15) is 0 Å². The van der Waals surface area contributed by atoms with Crippen LogP contribution in [0.5, 0.6) is 0 Å². The van der Waals surface area contributed by atoms with Gasteiger partial charge in [0, 0.05) is 26.4 Å². The maximum atomic E-state index is 12.0. The molecule has 7 heteroatoms. The van der Waals surface area contributed by atoms with Gasteiger partial charge in [-0.25, -0.2) is 18.1 Å². The molecule has 2 aromatic rings. The summed E-state index contributed by atoms with van der Waals surface area (Å²) in [6.45, 7) is 0.309. The first-order valence-corrected chi connectivity index (χ1v) is 7.66. The van der Waals surface area contributed by atoms with E-state index in [1.807, 2.05) is 24.3 Å². The topological polar surface area (TPSA) is 84.2 Å². The van der Waals surface area contributed by atoms with Crippen LogP contribution in [0.3, 0.4) is 0 Å². The number of aryl methyl sites for hydroxylation is 1. The Morgan fingerprint density at radius 2 is 1.90 bits per heavy atom. The van der Waals surface area contributed by atoms with Gasteiger partial charge in [-0.2, -0.15) is 0 Å². The number of aromatic nitrogens is 2. The molecule has 0 radical (unpaired) electrons. The van der Waals surface area contributed by atoms with Gasteiger partial charge in [-0.1, -0.05) is 24.3 Å². The maximum absolute atomic E-state index is 12.0. The molecule has 1 aromatic carbocycles. The fourth-order valence-corrected chi connectivity index (χ4v) is 2.73. The van der Waals surface area contributed by atoms with E-state index in [0.717, 1.165) is 11.1 Å². The molecule has 2 N–H and O–H groups in total. The Balaban J connectivity index is 2.01. The minimum Gasteiger partial charge on any atom is -0.396 e. The van der Waals surface area contributed by atoms with Crippen LogP contribution in [0.2, 0.25) is 0 Å². The van der Waals surface area contributed by atoms with Crippen molar-refractivity contribution in [1.29, 1.82) is 0 Å². The molecule has 0 aliphatic carbocycles. The van der Waals surface area contributed by atoms with Gasteiger partial charge in [0.2, 0.25) is 0 Å². The smallest absolute Gasteiger partial charge is 0.259 e. The lowest BCUT2D eigenvalue weighted by molar-refractivity contribution is 0.299. The van der Waals surface area contributed by atoms with Crippen LogP contribution in [-0.2, 0) is 30.0 Å². The summed E-state index contributed by atoms with van der Waals surface area (Å²) in [6, 6.07) is 7.43. The van der Waals surface area contributed by atoms with E-state index in [9.17, 15) is 8.42 Å². The molecule has 6 nitrogen and oxygen atoms in total. The molecular formula is C13H17N3O3S. The predicted octanol–water partition coefficient (Wildman–Crippen LogP) is 0.433. The lowest BCUT2D eigenvalue weighted by Gasteiger charge is -2.05. The van der Waals surface area contributed by atoms with E-state index in [2.05, 4.69) is 9.71 Å². The van der Waals surface area contributed by atoms with Crippen molar-refractivity contribution in [3.8, 4) is 0 Å². The van der Waals surface area contributed by atoms with Gasteiger partial charge < -0.3 is 9.67 Å². The normalized spacial score (nSPS) is 11.7. The van der Waals surface area contributed by atoms with Crippen LogP contribution in [0.15, 0.2) is 41.8 Å². The number of imidazole rings is 1. The highest BCUT2D eigenvalue weighted by atomic mass is 32.2. The molecule has 0 unspecified atom stereocenters. The summed E-state index contributed by atoms with van der Waals surface area (Å²) < 4.78 is 28.0. The first-order valence-electron chi connectivity index (χ1n) is 6.17. The van der Waals surface area contributed by atoms with Gasteiger partial charge in [-0.3, -0.25) is 0 Å². The summed E-state index contributed by atoms with van der Waals surface area (Å²) in [6.07, 6.45) is 3.49. The lowest BCUT2D eigenvalue weighted by Crippen LogP contribution is -2.23. The van der Waals surface area contributed by atoms with Crippen LogP contribution in [0.4, 0.5) is 0 Å². The molecule has 108 valence electrons. The molecule has 0 aliphatic rings. The molecule has 20 heavy (non-hydrogen) atoms. The average molecular weight is 295 g/mol. The SMILES string of the molecule is Cn1cnc(S(=O)(=O)NCc2ccc(CCO)cc2)c1. The second-order valence-electron chi connectivity index (χ2n) is 4.49. The third-order valence-electron chi connectivity index (χ3n) is 2.85. The van der Waals surface area contributed by atoms with Crippen LogP contribution in [0, 0.1) is 0 Å². The molecule has 2 rings (SSSR count). The first-order chi connectivity index (χ1) is 9.51. The minimum absolute atomic E-state index is 0.0110. The molecule has 0 fully saturated rings. The van der Waals surface area contributed by atoms with Crippen molar-refractivity contribution in [2.75, 3.05) is 6.61 Å². The standard InChI is InChI=1S/C13H17N3O3S/c1-16-9-13(14-10-16)20(18,19)15-8-12-4-2-11(3-5-12)6-7-17/h2-5,9-10,15,17H,6-8H2,1H3. The number of sulfonamides is 1. The molecule has 1 aromatic heterocycles. The predicted molar refractivity (Wildman–Crippen MR) is 74.5 cm³/mol. The highest BCUT2D eigenvalue weighted by Gasteiger charge is 2.16. The number of nitrogens with zero attached hydrogens (tertiary/aromatic N) is 2. The van der Waals surface area contributed by atoms with Crippen LogP contribution < -0.4 is 4.72 Å². The number of hydrogen-bond acceptors (Lipinski definition) is 4. The number of hydrogen-bond donors (Lipinski definition) is 2. The zero-order valence-corrected chi connectivity index (χ0v) is 12.0. The fourth-order valence-electron chi connectivity index (χ4n) is 1.73. The van der Waals surface area contributed by atoms with E-state index < -0.39 is 10.0 Å². The van der Waals surface area contributed by atoms with Gasteiger partial charge in [0.05, 0.1) is 6.33 Å². The van der Waals surface area contributed by atoms with E-state index >= 15 is 0 Å². The number of nitrogens with one attached hydrogen (secondary N) is 1. The Hall–Kier alpha value is -1.70. The summed E-state index contributed by atoms with van der Waals surface area (Å²) in [5.74, 6) is 0. The Kier molecular flexibility index (Phi) is 4.53. The zero-order chi connectivity index (χ0) is 14.6. The molecule has 1 heterocycles. The van der Waals surface area contributed by atoms with Crippen molar-refractivity contribution in [3.05, 3.63) is 47.9 Å². The summed E-state index contributed by atoms with van der Waals surface area (Å²) in [5, 5.41) is 8.84. The average Bonchev–Trinajstić information content (AvgIpc) is 2.86. The zero-order valence-electron chi connectivity index (χ0n) is 11.2. The Bertz CT molecular complexity index is 662. The molecule has 0 saturated carbocycles. The van der Waals surface area contributed by atoms with Gasteiger partial charge in [0.25, 0.3) is 10.0 Å². The van der Waals surface area contributed by atoms with Crippen molar-refractivity contribution in [1.82, 2.24) is 14.3 Å². The molecule has 0 aliphatic heterocycles. The first kappa shape index (κ1) is 14.7. The molecular weight excluding hydrogens is 278 g/mol. The highest BCUT2D eigenvalue weighted by Crippen LogP contribution is 2.08. The van der Waals surface area contributed by atoms with E-state index in [1.165, 1.54) is 12.5 Å². The van der Waals surface area contributed by atoms with Gasteiger partial charge >= 0.3 is 0 Å². The van der Waals surface area contributed by atoms with Crippen LogP contribution >= 0.6 is 0 Å². The summed E-state index contributed by atoms with van der Waals surface area (Å²) in [5.41, 5.74) is 1.87. The lowest BCUT2D eigenvalue weighted by atomic mass is 10.1. The third-order valence-corrected chi connectivity index (χ3v) is 4.13. The van der Waals surface area contributed by atoms with Crippen molar-refractivity contribution in [3.63, 3.8) is 0 Å². The van der Waals surface area contributed by atoms with E-state index in [1.54, 1.807) is 11.6 Å². The molecule has 0 atom stereocenters. The second kappa shape index (κ2) is 6.17. The van der Waals surface area contributed by atoms with E-state index in [4.69, 9.17) is 5.11 Å². The van der Waals surface area contributed by atoms with Crippen molar-refractivity contribution in [2.45, 2.75) is 18.0 Å². The van der Waals surface area contributed by atoms with Crippen LogP contribution in [0.25, 0.3) is 0 Å². The minimum atomic E-state index is -3.58. The highest BCUT2D eigenvalue weighted by molar-refractivity contribution is 7.89. The summed E-state index contributed by atoms with van der Waals surface area (Å²) in [7, 11) is -1.87. The van der Waals surface area contributed by atoms with Gasteiger partial charge in [0.15, 0.2) is 5.03 Å². The largest absolute Gasteiger partial charge is 0.396 e. The molecule has 0 bridgehead atoms. The van der Waals surface area contributed by atoms with Crippen molar-refractivity contribution < 1.29 is 13.5 Å². The molecule has 0 amide bonds. The Labute approximate surface area is 118 Å². The Morgan fingerprint density at radius 3 is 2.45 bits per heavy atom. The van der Waals surface area contributed by atoms with Gasteiger partial charge in [-0.15, -0.1) is 0 Å². The third kappa shape index (κ3) is 3.66. The number of rotatable bonds is 6. The van der Waals surface area contributed by atoms with Crippen LogP contribution in [-0.4, -0.2) is 29.7 Å². The second-order valence-corrected chi connectivity index (χ2v) is 6.21. The quantitative estimate of drug-likeness (QED) is 0.809. The van der Waals surface area contributed by atoms with Gasteiger partial charge in [-0.05, 0) is 17.5 Å². The van der Waals surface area contributed by atoms with Crippen LogP contribution in [0.1, 0.15) is 11.1 Å². The number of aliphatic hydroxyl groups excluding tert-OH is 1. The number of benzene rings is 1. The van der Waals surface area contributed by atoms with E-state index in [-0.39, 0.29) is 18.2 Å². The van der Waals surface area contributed by atoms with Crippen molar-refractivity contribution >= 4 is 10.0 Å². The maximum Gasteiger partial charge on any atom is 0.259 e. The molecule has 0 spiro atoms. The van der Waals surface area contributed by atoms with E-state index in [0.29, 0.717) is 6.42 Å². The van der Waals surface area contributed by atoms with Crippen molar-refractivity contribution in [2.24, 2.45) is 7.05 Å². The molecule has 0 saturated heterocycles. The number of aliphatic hydroxyl groups is 1. The monoisotopic (exact) mass is 295 g/mol. The summed E-state index contributed by atoms with van der Waals surface area (Å²) >= 11 is 0. The summed E-state index contributed by atoms with van der Waals surface area (Å²) in [4.78, 5) is 3.82. The Morgan fingerprint density at radius 1 is 1.25 bits per heavy atom. The fraction of sp³-hybridized carbons (Fsp3) is 0.308.